The second-order valence-electron chi connectivity index (χ2n) is 8.43. The number of carboxylic acids is 1. The summed E-state index contributed by atoms with van der Waals surface area (Å²) >= 11 is 11.3. The summed E-state index contributed by atoms with van der Waals surface area (Å²) < 4.78 is 1.84. The van der Waals surface area contributed by atoms with Crippen molar-refractivity contribution in [3.8, 4) is 5.69 Å². The first-order valence-electron chi connectivity index (χ1n) is 10.7. The Morgan fingerprint density at radius 3 is 2.29 bits per heavy atom. The highest BCUT2D eigenvalue weighted by Gasteiger charge is 2.35. The third kappa shape index (κ3) is 4.50. The summed E-state index contributed by atoms with van der Waals surface area (Å²) in [5.74, 6) is -2.23. The Balaban J connectivity index is 1.79. The molecule has 0 spiro atoms. The van der Waals surface area contributed by atoms with Crippen molar-refractivity contribution in [2.24, 2.45) is 0 Å². The minimum Gasteiger partial charge on any atom is -0.478 e. The number of aryl methyl sites for hydroxylation is 3. The Labute approximate surface area is 212 Å². The van der Waals surface area contributed by atoms with Crippen molar-refractivity contribution >= 4 is 58.5 Å². The third-order valence-electron chi connectivity index (χ3n) is 5.77. The number of benzene rings is 2. The van der Waals surface area contributed by atoms with Crippen LogP contribution in [-0.2, 0) is 9.59 Å². The normalized spacial score (nSPS) is 15.1. The molecule has 1 aromatic heterocycles. The maximum Gasteiger partial charge on any atom is 0.337 e. The Hall–Kier alpha value is -3.75. The van der Waals surface area contributed by atoms with Gasteiger partial charge in [0.1, 0.15) is 5.57 Å². The molecule has 9 heteroatoms. The molecule has 2 aromatic carbocycles. The Morgan fingerprint density at radius 2 is 1.66 bits per heavy atom. The number of rotatable bonds is 4. The van der Waals surface area contributed by atoms with E-state index in [0.717, 1.165) is 22.5 Å². The van der Waals surface area contributed by atoms with Crippen molar-refractivity contribution in [1.29, 1.82) is 0 Å². The maximum absolute atomic E-state index is 13.4. The van der Waals surface area contributed by atoms with Crippen molar-refractivity contribution in [1.82, 2.24) is 9.88 Å². The van der Waals surface area contributed by atoms with Gasteiger partial charge in [-0.25, -0.2) is 4.79 Å². The van der Waals surface area contributed by atoms with E-state index in [1.165, 1.54) is 23.1 Å². The lowest BCUT2D eigenvalue weighted by molar-refractivity contribution is -0.122. The van der Waals surface area contributed by atoms with Gasteiger partial charge in [0.25, 0.3) is 11.8 Å². The quantitative estimate of drug-likeness (QED) is 0.298. The zero-order chi connectivity index (χ0) is 25.6. The molecule has 0 atom stereocenters. The lowest BCUT2D eigenvalue weighted by Crippen LogP contribution is -2.54. The van der Waals surface area contributed by atoms with Crippen molar-refractivity contribution < 1.29 is 19.5 Å². The highest BCUT2D eigenvalue weighted by atomic mass is 35.5. The summed E-state index contributed by atoms with van der Waals surface area (Å²) in [5, 5.41) is 12.2. The molecule has 3 aromatic rings. The smallest absolute Gasteiger partial charge is 0.337 e. The molecule has 0 aliphatic carbocycles. The minimum atomic E-state index is -1.13. The zero-order valence-electron chi connectivity index (χ0n) is 19.5. The standard InChI is InChI=1S/C26H22ClN3O4S/c1-13-7-14(2)9-19(8-13)30-24(32)21(23(31)28-26(30)35)11-17-10-15(3)29(16(17)4)18-5-6-22(27)20(12-18)25(33)34/h5-12H,1-4H3,(H,33,34)(H,28,31,35)/b21-11+. The molecule has 1 aliphatic rings. The zero-order valence-corrected chi connectivity index (χ0v) is 21.0. The number of hydrogen-bond acceptors (Lipinski definition) is 4. The average molecular weight is 508 g/mol. The van der Waals surface area contributed by atoms with Gasteiger partial charge in [0, 0.05) is 17.1 Å². The van der Waals surface area contributed by atoms with E-state index in [2.05, 4.69) is 5.32 Å². The molecular weight excluding hydrogens is 486 g/mol. The van der Waals surface area contributed by atoms with Crippen LogP contribution in [0.5, 0.6) is 0 Å². The van der Waals surface area contributed by atoms with E-state index in [4.69, 9.17) is 23.8 Å². The molecule has 35 heavy (non-hydrogen) atoms. The molecule has 0 bridgehead atoms. The molecule has 0 saturated carbocycles. The first-order chi connectivity index (χ1) is 16.5. The summed E-state index contributed by atoms with van der Waals surface area (Å²) in [6, 6.07) is 12.2. The predicted molar refractivity (Wildman–Crippen MR) is 139 cm³/mol. The van der Waals surface area contributed by atoms with Gasteiger partial charge in [0.15, 0.2) is 5.11 Å². The molecule has 1 fully saturated rings. The van der Waals surface area contributed by atoms with E-state index in [0.29, 0.717) is 16.9 Å². The molecule has 2 N–H and O–H groups in total. The number of halogens is 1. The van der Waals surface area contributed by atoms with E-state index in [1.807, 2.05) is 56.5 Å². The van der Waals surface area contributed by atoms with Crippen LogP contribution in [-0.4, -0.2) is 32.6 Å². The highest BCUT2D eigenvalue weighted by Crippen LogP contribution is 2.28. The number of carbonyl (C=O) groups excluding carboxylic acids is 2. The summed E-state index contributed by atoms with van der Waals surface area (Å²) in [6.45, 7) is 7.52. The van der Waals surface area contributed by atoms with Gasteiger partial charge in [0.05, 0.1) is 16.3 Å². The molecule has 2 amide bonds. The van der Waals surface area contributed by atoms with Crippen molar-refractivity contribution in [2.45, 2.75) is 27.7 Å². The Kier molecular flexibility index (Phi) is 6.36. The van der Waals surface area contributed by atoms with Crippen LogP contribution >= 0.6 is 23.8 Å². The largest absolute Gasteiger partial charge is 0.478 e. The van der Waals surface area contributed by atoms with E-state index < -0.39 is 17.8 Å². The summed E-state index contributed by atoms with van der Waals surface area (Å²) in [7, 11) is 0. The second kappa shape index (κ2) is 9.13. The van der Waals surface area contributed by atoms with Crippen molar-refractivity contribution in [3.05, 3.63) is 86.7 Å². The van der Waals surface area contributed by atoms with Crippen LogP contribution in [0.15, 0.2) is 48.0 Å². The first kappa shape index (κ1) is 24.4. The lowest BCUT2D eigenvalue weighted by Gasteiger charge is -2.29. The Bertz CT molecular complexity index is 1450. The number of amides is 2. The van der Waals surface area contributed by atoms with Gasteiger partial charge in [-0.05, 0) is 99.1 Å². The fraction of sp³-hybridized carbons (Fsp3) is 0.154. The van der Waals surface area contributed by atoms with Crippen molar-refractivity contribution in [3.63, 3.8) is 0 Å². The molecule has 7 nitrogen and oxygen atoms in total. The number of nitrogens with one attached hydrogen (secondary N) is 1. The number of nitrogens with zero attached hydrogens (tertiary/aromatic N) is 2. The minimum absolute atomic E-state index is 0.0176. The topological polar surface area (TPSA) is 91.6 Å². The molecule has 0 radical (unpaired) electrons. The van der Waals surface area contributed by atoms with Gasteiger partial charge in [-0.3, -0.25) is 19.8 Å². The lowest BCUT2D eigenvalue weighted by atomic mass is 10.1. The summed E-state index contributed by atoms with van der Waals surface area (Å²) in [5.41, 5.74) is 5.19. The van der Waals surface area contributed by atoms with Crippen LogP contribution in [0, 0.1) is 27.7 Å². The molecule has 2 heterocycles. The third-order valence-corrected chi connectivity index (χ3v) is 6.39. The van der Waals surface area contributed by atoms with E-state index >= 15 is 0 Å². The molecule has 1 aliphatic heterocycles. The molecular formula is C26H22ClN3O4S. The number of thiocarbonyl (C=S) groups is 1. The maximum atomic E-state index is 13.4. The predicted octanol–water partition coefficient (Wildman–Crippen LogP) is 4.89. The number of anilines is 1. The number of aromatic carboxylic acids is 1. The fourth-order valence-corrected chi connectivity index (χ4v) is 4.75. The van der Waals surface area contributed by atoms with Gasteiger partial charge in [-0.2, -0.15) is 0 Å². The van der Waals surface area contributed by atoms with Crippen LogP contribution < -0.4 is 10.2 Å². The van der Waals surface area contributed by atoms with Crippen LogP contribution in [0.3, 0.4) is 0 Å². The van der Waals surface area contributed by atoms with Crippen LogP contribution in [0.1, 0.15) is 38.4 Å². The molecule has 1 saturated heterocycles. The van der Waals surface area contributed by atoms with Gasteiger partial charge in [-0.15, -0.1) is 0 Å². The number of carbonyl (C=O) groups is 3. The molecule has 178 valence electrons. The first-order valence-corrected chi connectivity index (χ1v) is 11.5. The molecule has 4 rings (SSSR count). The van der Waals surface area contributed by atoms with Gasteiger partial charge >= 0.3 is 5.97 Å². The average Bonchev–Trinajstić information content (AvgIpc) is 3.03. The van der Waals surface area contributed by atoms with Gasteiger partial charge in [0.2, 0.25) is 0 Å². The van der Waals surface area contributed by atoms with Gasteiger partial charge in [-0.1, -0.05) is 17.7 Å². The fourth-order valence-electron chi connectivity index (χ4n) is 4.27. The second-order valence-corrected chi connectivity index (χ2v) is 9.23. The monoisotopic (exact) mass is 507 g/mol. The molecule has 0 unspecified atom stereocenters. The van der Waals surface area contributed by atoms with E-state index in [1.54, 1.807) is 6.07 Å². The van der Waals surface area contributed by atoms with Crippen LogP contribution in [0.4, 0.5) is 5.69 Å². The summed E-state index contributed by atoms with van der Waals surface area (Å²) in [4.78, 5) is 39.0. The Morgan fingerprint density at radius 1 is 1.00 bits per heavy atom. The SMILES string of the molecule is Cc1cc(C)cc(N2C(=O)/C(=C/c3cc(C)n(-c4ccc(Cl)c(C(=O)O)c4)c3C)C(=O)NC2=S)c1. The summed E-state index contributed by atoms with van der Waals surface area (Å²) in [6.07, 6.45) is 1.53. The van der Waals surface area contributed by atoms with Crippen LogP contribution in [0.25, 0.3) is 11.8 Å². The highest BCUT2D eigenvalue weighted by molar-refractivity contribution is 7.80. The number of hydrogen-bond donors (Lipinski definition) is 2. The number of aromatic nitrogens is 1. The van der Waals surface area contributed by atoms with E-state index in [-0.39, 0.29) is 21.3 Å². The van der Waals surface area contributed by atoms with Crippen molar-refractivity contribution in [2.75, 3.05) is 4.90 Å². The van der Waals surface area contributed by atoms with Crippen LogP contribution in [0.2, 0.25) is 5.02 Å². The van der Waals surface area contributed by atoms with Gasteiger partial charge < -0.3 is 9.67 Å². The van der Waals surface area contributed by atoms with E-state index in [9.17, 15) is 19.5 Å². The number of carboxylic acid groups (broad SMARTS) is 1.